The van der Waals surface area contributed by atoms with Gasteiger partial charge in [0, 0.05) is 0 Å². The fraction of sp³-hybridized carbons (Fsp3) is 0.0357. The molecular weight excluding hydrogens is 801 g/mol. The lowest BCUT2D eigenvalue weighted by atomic mass is 9.64. The summed E-state index contributed by atoms with van der Waals surface area (Å²) in [6.45, 7) is 0. The topological polar surface area (TPSA) is 68.3 Å². The minimum Gasteiger partial charge on any atom is -0.219 e. The zero-order valence-electron chi connectivity index (χ0n) is 33.4. The molecule has 4 nitrogen and oxygen atoms in total. The smallest absolute Gasteiger partial charge is 0.206 e. The fourth-order valence-electron chi connectivity index (χ4n) is 10.3. The number of hydrogen-bond acceptors (Lipinski definition) is 4. The van der Waals surface area contributed by atoms with Crippen molar-refractivity contribution in [1.82, 2.24) is 0 Å². The molecular formula is C56H38O4S2. The molecule has 0 atom stereocenters. The molecule has 9 aromatic rings. The van der Waals surface area contributed by atoms with E-state index in [1.165, 1.54) is 0 Å². The van der Waals surface area contributed by atoms with E-state index in [2.05, 4.69) is 121 Å². The van der Waals surface area contributed by atoms with Gasteiger partial charge in [0.15, 0.2) is 0 Å². The predicted octanol–water partition coefficient (Wildman–Crippen LogP) is 12.1. The van der Waals surface area contributed by atoms with Gasteiger partial charge in [0.2, 0.25) is 19.7 Å². The van der Waals surface area contributed by atoms with E-state index in [0.717, 1.165) is 66.8 Å². The van der Waals surface area contributed by atoms with Crippen molar-refractivity contribution < 1.29 is 16.8 Å². The number of fused-ring (bicyclic) bond motifs is 6. The summed E-state index contributed by atoms with van der Waals surface area (Å²) in [5.74, 6) is 0. The second-order valence-corrected chi connectivity index (χ2v) is 19.8. The molecule has 0 bridgehead atoms. The second kappa shape index (κ2) is 14.2. The Balaban J connectivity index is 1.17. The van der Waals surface area contributed by atoms with Crippen LogP contribution in [0.3, 0.4) is 0 Å². The summed E-state index contributed by atoms with van der Waals surface area (Å²) < 4.78 is 55.6. The molecule has 62 heavy (non-hydrogen) atoms. The Labute approximate surface area is 362 Å². The van der Waals surface area contributed by atoms with Crippen LogP contribution in [0.25, 0.3) is 22.3 Å². The van der Waals surface area contributed by atoms with E-state index in [1.54, 1.807) is 72.8 Å². The van der Waals surface area contributed by atoms with Gasteiger partial charge in [-0.25, -0.2) is 16.8 Å². The molecule has 0 unspecified atom stereocenters. The van der Waals surface area contributed by atoms with Gasteiger partial charge in [-0.1, -0.05) is 182 Å². The predicted molar refractivity (Wildman–Crippen MR) is 245 cm³/mol. The Kier molecular flexibility index (Phi) is 8.69. The molecule has 0 saturated carbocycles. The summed E-state index contributed by atoms with van der Waals surface area (Å²) in [5.41, 5.74) is 11.2. The minimum atomic E-state index is -3.76. The Hall–Kier alpha value is -7.12. The minimum absolute atomic E-state index is 0.228. The summed E-state index contributed by atoms with van der Waals surface area (Å²) in [6, 6.07) is 74.8. The highest BCUT2D eigenvalue weighted by Gasteiger charge is 2.49. The van der Waals surface area contributed by atoms with Gasteiger partial charge in [0.25, 0.3) is 0 Å². The third kappa shape index (κ3) is 5.36. The Morgan fingerprint density at radius 2 is 0.516 bits per heavy atom. The van der Waals surface area contributed by atoms with E-state index in [-0.39, 0.29) is 19.6 Å². The molecule has 0 saturated heterocycles. The van der Waals surface area contributed by atoms with Crippen LogP contribution in [-0.4, -0.2) is 16.8 Å². The van der Waals surface area contributed by atoms with Crippen molar-refractivity contribution in [1.29, 1.82) is 0 Å². The largest absolute Gasteiger partial charge is 0.219 e. The van der Waals surface area contributed by atoms with Crippen LogP contribution < -0.4 is 0 Å². The maximum Gasteiger partial charge on any atom is 0.206 e. The van der Waals surface area contributed by atoms with Crippen LogP contribution in [0, 0.1) is 0 Å². The van der Waals surface area contributed by atoms with Gasteiger partial charge in [-0.15, -0.1) is 0 Å². The summed E-state index contributed by atoms with van der Waals surface area (Å²) in [4.78, 5) is 0.957. The summed E-state index contributed by atoms with van der Waals surface area (Å²) in [7, 11) is -7.53. The molecule has 2 aliphatic carbocycles. The number of sulfone groups is 2. The highest BCUT2D eigenvalue weighted by atomic mass is 32.2. The molecule has 0 heterocycles. The Morgan fingerprint density at radius 3 is 0.839 bits per heavy atom. The first-order valence-corrected chi connectivity index (χ1v) is 23.5. The van der Waals surface area contributed by atoms with Gasteiger partial charge < -0.3 is 0 Å². The fourth-order valence-corrected chi connectivity index (χ4v) is 12.8. The molecule has 11 rings (SSSR count). The highest BCUT2D eigenvalue weighted by Crippen LogP contribution is 2.59. The number of rotatable bonds is 8. The maximum absolute atomic E-state index is 13.9. The highest BCUT2D eigenvalue weighted by molar-refractivity contribution is 7.91. The van der Waals surface area contributed by atoms with E-state index < -0.39 is 30.5 Å². The van der Waals surface area contributed by atoms with Gasteiger partial charge in [0.1, 0.15) is 0 Å². The first-order valence-electron chi connectivity index (χ1n) is 20.6. The second-order valence-electron chi connectivity index (χ2n) is 15.9. The number of benzene rings is 9. The Morgan fingerprint density at radius 1 is 0.242 bits per heavy atom. The van der Waals surface area contributed by atoms with E-state index in [0.29, 0.717) is 0 Å². The molecule has 298 valence electrons. The lowest BCUT2D eigenvalue weighted by molar-refractivity contribution is 0.594. The lowest BCUT2D eigenvalue weighted by Gasteiger charge is -2.37. The van der Waals surface area contributed by atoms with Crippen LogP contribution in [0.15, 0.2) is 250 Å². The average molecular weight is 839 g/mol. The molecule has 0 radical (unpaired) electrons. The van der Waals surface area contributed by atoms with Crippen LogP contribution in [0.5, 0.6) is 0 Å². The normalized spacial score (nSPS) is 14.3. The molecule has 2 aliphatic rings. The van der Waals surface area contributed by atoms with Crippen LogP contribution in [0.2, 0.25) is 0 Å². The van der Waals surface area contributed by atoms with Crippen molar-refractivity contribution in [3.05, 3.63) is 275 Å². The van der Waals surface area contributed by atoms with Crippen molar-refractivity contribution >= 4 is 19.7 Å². The van der Waals surface area contributed by atoms with Crippen molar-refractivity contribution in [2.24, 2.45) is 0 Å². The summed E-state index contributed by atoms with van der Waals surface area (Å²) in [6.07, 6.45) is 0. The van der Waals surface area contributed by atoms with Crippen LogP contribution in [0.4, 0.5) is 0 Å². The van der Waals surface area contributed by atoms with E-state index >= 15 is 0 Å². The van der Waals surface area contributed by atoms with Crippen LogP contribution in [-0.2, 0) is 30.5 Å². The van der Waals surface area contributed by atoms with E-state index in [4.69, 9.17) is 0 Å². The molecule has 0 spiro atoms. The van der Waals surface area contributed by atoms with Crippen LogP contribution >= 0.6 is 0 Å². The molecule has 0 fully saturated rings. The molecule has 0 aliphatic heterocycles. The van der Waals surface area contributed by atoms with Crippen LogP contribution in [0.1, 0.15) is 44.5 Å². The van der Waals surface area contributed by atoms with Gasteiger partial charge in [-0.2, -0.15) is 0 Å². The third-order valence-corrected chi connectivity index (χ3v) is 16.5. The summed E-state index contributed by atoms with van der Waals surface area (Å²) >= 11 is 0. The molecule has 0 amide bonds. The molecule has 0 aromatic heterocycles. The zero-order valence-corrected chi connectivity index (χ0v) is 35.0. The van der Waals surface area contributed by atoms with Crippen molar-refractivity contribution in [3.63, 3.8) is 0 Å². The summed E-state index contributed by atoms with van der Waals surface area (Å²) in [5, 5.41) is 0. The van der Waals surface area contributed by atoms with E-state index in [1.807, 2.05) is 36.4 Å². The zero-order chi connectivity index (χ0) is 42.1. The quantitative estimate of drug-likeness (QED) is 0.153. The van der Waals surface area contributed by atoms with Gasteiger partial charge in [-0.3, -0.25) is 0 Å². The first kappa shape index (κ1) is 37.8. The Bertz CT molecular complexity index is 3100. The average Bonchev–Trinajstić information content (AvgIpc) is 3.81. The van der Waals surface area contributed by atoms with Gasteiger partial charge in [-0.05, 0) is 115 Å². The van der Waals surface area contributed by atoms with Gasteiger partial charge in [0.05, 0.1) is 30.4 Å². The lowest BCUT2D eigenvalue weighted by Crippen LogP contribution is -2.32. The van der Waals surface area contributed by atoms with Gasteiger partial charge >= 0.3 is 0 Å². The monoisotopic (exact) mass is 838 g/mol. The number of hydrogen-bond donors (Lipinski definition) is 0. The van der Waals surface area contributed by atoms with Crippen molar-refractivity contribution in [2.75, 3.05) is 0 Å². The molecule has 0 N–H and O–H groups in total. The van der Waals surface area contributed by atoms with Crippen molar-refractivity contribution in [2.45, 2.75) is 30.4 Å². The van der Waals surface area contributed by atoms with Crippen molar-refractivity contribution in [3.8, 4) is 22.3 Å². The third-order valence-electron chi connectivity index (χ3n) is 12.9. The SMILES string of the molecule is O=S(=O)(c1ccccc1)c1ccc(C2(c3cccc(C4(c5ccc(S(=O)(=O)c6ccccc6)cc5)c5ccccc5-c5ccccc54)c3)c3ccccc3-c3ccccc32)cc1. The standard InChI is InChI=1S/C56H38O4S2/c57-61(58,43-18-3-1-4-19-43)45-34-30-39(31-35-45)55(51-26-11-7-22-47(51)48-23-8-12-27-52(48)55)41-16-15-17-42(38-41)56(53-28-13-9-24-49(53)50-25-10-14-29-54(50)56)40-32-36-46(37-33-40)62(59,60)44-20-5-2-6-21-44/h1-38H. The maximum atomic E-state index is 13.9. The molecule has 6 heteroatoms. The molecule has 9 aromatic carbocycles. The van der Waals surface area contributed by atoms with E-state index in [9.17, 15) is 16.8 Å². The first-order chi connectivity index (χ1) is 30.3.